The summed E-state index contributed by atoms with van der Waals surface area (Å²) in [4.78, 5) is 16.2. The van der Waals surface area contributed by atoms with Gasteiger partial charge in [0.05, 0.1) is 12.1 Å². The number of nitrogens with zero attached hydrogens (tertiary/aromatic N) is 2. The van der Waals surface area contributed by atoms with Crippen molar-refractivity contribution in [3.8, 4) is 0 Å². The third-order valence-corrected chi connectivity index (χ3v) is 4.50. The van der Waals surface area contributed by atoms with E-state index in [0.29, 0.717) is 24.7 Å². The molecule has 1 aromatic rings. The largest absolute Gasteiger partial charge is 0.392 e. The highest BCUT2D eigenvalue weighted by Crippen LogP contribution is 2.35. The van der Waals surface area contributed by atoms with Gasteiger partial charge in [-0.1, -0.05) is 31.8 Å². The van der Waals surface area contributed by atoms with Crippen LogP contribution >= 0.6 is 0 Å². The minimum Gasteiger partial charge on any atom is -0.392 e. The van der Waals surface area contributed by atoms with Crippen LogP contribution in [0.4, 0.5) is 4.79 Å². The van der Waals surface area contributed by atoms with E-state index in [-0.39, 0.29) is 23.6 Å². The molecule has 1 fully saturated rings. The fourth-order valence-corrected chi connectivity index (χ4v) is 2.88. The maximum atomic E-state index is 12.1. The molecule has 22 heavy (non-hydrogen) atoms. The predicted octanol–water partition coefficient (Wildman–Crippen LogP) is 2.07. The molecule has 0 bridgehead atoms. The average Bonchev–Trinajstić information content (AvgIpc) is 2.92. The first-order chi connectivity index (χ1) is 10.4. The van der Waals surface area contributed by atoms with Crippen molar-refractivity contribution in [2.24, 2.45) is 5.41 Å². The van der Waals surface area contributed by atoms with Crippen molar-refractivity contribution in [3.63, 3.8) is 0 Å². The molecule has 0 saturated heterocycles. The zero-order chi connectivity index (χ0) is 16.2. The zero-order valence-corrected chi connectivity index (χ0v) is 13.6. The summed E-state index contributed by atoms with van der Waals surface area (Å²) in [6, 6.07) is -0.546. The lowest BCUT2D eigenvalue weighted by Crippen LogP contribution is -2.48. The van der Waals surface area contributed by atoms with Gasteiger partial charge in [-0.05, 0) is 19.3 Å². The molecule has 2 rings (SSSR count). The van der Waals surface area contributed by atoms with Gasteiger partial charge in [0.2, 0.25) is 5.89 Å². The molecule has 124 valence electrons. The van der Waals surface area contributed by atoms with Crippen molar-refractivity contribution < 1.29 is 14.4 Å². The number of carbonyl (C=O) groups is 1. The number of amides is 2. The van der Waals surface area contributed by atoms with Crippen LogP contribution in [0.5, 0.6) is 0 Å². The van der Waals surface area contributed by atoms with Crippen molar-refractivity contribution in [2.75, 3.05) is 6.54 Å². The molecule has 0 aliphatic heterocycles. The summed E-state index contributed by atoms with van der Waals surface area (Å²) in [6.07, 6.45) is 4.19. The van der Waals surface area contributed by atoms with E-state index in [0.717, 1.165) is 25.7 Å². The van der Waals surface area contributed by atoms with E-state index in [2.05, 4.69) is 20.8 Å². The second-order valence-electron chi connectivity index (χ2n) is 6.38. The number of carbonyl (C=O) groups excluding carboxylic acids is 1. The van der Waals surface area contributed by atoms with E-state index in [1.54, 1.807) is 6.92 Å². The van der Waals surface area contributed by atoms with Gasteiger partial charge in [0.25, 0.3) is 0 Å². The highest BCUT2D eigenvalue weighted by Gasteiger charge is 2.35. The van der Waals surface area contributed by atoms with E-state index in [9.17, 15) is 9.90 Å². The normalized spacial score (nSPS) is 26.5. The Morgan fingerprint density at radius 2 is 2.32 bits per heavy atom. The molecule has 3 N–H and O–H groups in total. The molecule has 2 amide bonds. The quantitative estimate of drug-likeness (QED) is 0.773. The Morgan fingerprint density at radius 3 is 2.91 bits per heavy atom. The molecule has 0 spiro atoms. The summed E-state index contributed by atoms with van der Waals surface area (Å²) in [6.45, 7) is 6.15. The monoisotopic (exact) mass is 310 g/mol. The SMILES string of the molecule is CCC(NC(=O)NCC1(C)CCCCC1O)c1noc(C)n1. The van der Waals surface area contributed by atoms with Crippen molar-refractivity contribution >= 4 is 6.03 Å². The fraction of sp³-hybridized carbons (Fsp3) is 0.800. The number of aliphatic hydroxyl groups excluding tert-OH is 1. The minimum absolute atomic E-state index is 0.250. The van der Waals surface area contributed by atoms with Crippen LogP contribution in [-0.2, 0) is 0 Å². The summed E-state index contributed by atoms with van der Waals surface area (Å²) in [5.74, 6) is 0.965. The molecule has 7 nitrogen and oxygen atoms in total. The Labute approximate surface area is 130 Å². The fourth-order valence-electron chi connectivity index (χ4n) is 2.88. The molecule has 7 heteroatoms. The third-order valence-electron chi connectivity index (χ3n) is 4.50. The van der Waals surface area contributed by atoms with Crippen LogP contribution < -0.4 is 10.6 Å². The smallest absolute Gasteiger partial charge is 0.315 e. The number of nitrogens with one attached hydrogen (secondary N) is 2. The van der Waals surface area contributed by atoms with E-state index >= 15 is 0 Å². The van der Waals surface area contributed by atoms with Gasteiger partial charge in [0.15, 0.2) is 5.82 Å². The minimum atomic E-state index is -0.358. The van der Waals surface area contributed by atoms with E-state index in [4.69, 9.17) is 4.52 Å². The highest BCUT2D eigenvalue weighted by atomic mass is 16.5. The molecule has 1 saturated carbocycles. The maximum absolute atomic E-state index is 12.1. The topological polar surface area (TPSA) is 100 Å². The number of hydrogen-bond donors (Lipinski definition) is 3. The highest BCUT2D eigenvalue weighted by molar-refractivity contribution is 5.74. The predicted molar refractivity (Wildman–Crippen MR) is 81.2 cm³/mol. The molecule has 1 heterocycles. The first-order valence-electron chi connectivity index (χ1n) is 7.97. The van der Waals surface area contributed by atoms with Gasteiger partial charge >= 0.3 is 6.03 Å². The third kappa shape index (κ3) is 3.97. The van der Waals surface area contributed by atoms with Crippen molar-refractivity contribution in [3.05, 3.63) is 11.7 Å². The molecule has 1 aliphatic carbocycles. The van der Waals surface area contributed by atoms with Crippen LogP contribution in [0.3, 0.4) is 0 Å². The lowest BCUT2D eigenvalue weighted by atomic mass is 9.73. The molecular weight excluding hydrogens is 284 g/mol. The summed E-state index contributed by atoms with van der Waals surface area (Å²) >= 11 is 0. The van der Waals surface area contributed by atoms with Crippen LogP contribution in [0, 0.1) is 12.3 Å². The van der Waals surface area contributed by atoms with E-state index in [1.165, 1.54) is 0 Å². The van der Waals surface area contributed by atoms with E-state index in [1.807, 2.05) is 13.8 Å². The van der Waals surface area contributed by atoms with Crippen LogP contribution in [0.15, 0.2) is 4.52 Å². The number of aryl methyl sites for hydroxylation is 1. The Hall–Kier alpha value is -1.63. The standard InChI is InChI=1S/C15H26N4O3/c1-4-11(13-17-10(2)22-19-13)18-14(21)16-9-15(3)8-6-5-7-12(15)20/h11-12,20H,4-9H2,1-3H3,(H2,16,18,21). The van der Waals surface area contributed by atoms with Gasteiger partial charge < -0.3 is 20.3 Å². The molecule has 1 aliphatic rings. The lowest BCUT2D eigenvalue weighted by molar-refractivity contribution is 0.00304. The second-order valence-corrected chi connectivity index (χ2v) is 6.38. The van der Waals surface area contributed by atoms with Crippen LogP contribution in [0.25, 0.3) is 0 Å². The Kier molecular flexibility index (Phi) is 5.39. The number of hydrogen-bond acceptors (Lipinski definition) is 5. The zero-order valence-electron chi connectivity index (χ0n) is 13.6. The van der Waals surface area contributed by atoms with Gasteiger partial charge in [0, 0.05) is 18.9 Å². The summed E-state index contributed by atoms with van der Waals surface area (Å²) in [5.41, 5.74) is -0.250. The second kappa shape index (κ2) is 7.09. The maximum Gasteiger partial charge on any atom is 0.315 e. The first kappa shape index (κ1) is 16.7. The van der Waals surface area contributed by atoms with Crippen LogP contribution in [-0.4, -0.2) is 33.9 Å². The van der Waals surface area contributed by atoms with Crippen molar-refractivity contribution in [2.45, 2.75) is 65.0 Å². The number of urea groups is 1. The van der Waals surface area contributed by atoms with Crippen molar-refractivity contribution in [1.82, 2.24) is 20.8 Å². The van der Waals surface area contributed by atoms with Gasteiger partial charge in [-0.3, -0.25) is 0 Å². The molecule has 0 radical (unpaired) electrons. The van der Waals surface area contributed by atoms with Gasteiger partial charge in [-0.2, -0.15) is 4.98 Å². The Bertz CT molecular complexity index is 505. The molecular formula is C15H26N4O3. The van der Waals surface area contributed by atoms with Crippen LogP contribution in [0.2, 0.25) is 0 Å². The van der Waals surface area contributed by atoms with E-state index < -0.39 is 0 Å². The first-order valence-corrected chi connectivity index (χ1v) is 7.97. The van der Waals surface area contributed by atoms with Gasteiger partial charge in [-0.25, -0.2) is 4.79 Å². The summed E-state index contributed by atoms with van der Waals surface area (Å²) < 4.78 is 4.95. The number of aromatic nitrogens is 2. The average molecular weight is 310 g/mol. The Morgan fingerprint density at radius 1 is 1.55 bits per heavy atom. The lowest BCUT2D eigenvalue weighted by Gasteiger charge is -2.38. The van der Waals surface area contributed by atoms with Crippen molar-refractivity contribution in [1.29, 1.82) is 0 Å². The molecule has 3 unspecified atom stereocenters. The Balaban J connectivity index is 1.86. The molecule has 1 aromatic heterocycles. The summed E-state index contributed by atoms with van der Waals surface area (Å²) in [7, 11) is 0. The molecule has 0 aromatic carbocycles. The van der Waals surface area contributed by atoms with Crippen LogP contribution in [0.1, 0.15) is 63.7 Å². The number of rotatable bonds is 5. The summed E-state index contributed by atoms with van der Waals surface area (Å²) in [5, 5.41) is 19.7. The number of aliphatic hydroxyl groups is 1. The molecule has 3 atom stereocenters. The van der Waals surface area contributed by atoms with Gasteiger partial charge in [0.1, 0.15) is 0 Å². The van der Waals surface area contributed by atoms with Gasteiger partial charge in [-0.15, -0.1) is 0 Å².